The van der Waals surface area contributed by atoms with Crippen molar-refractivity contribution in [2.75, 3.05) is 25.7 Å². The molecule has 1 saturated heterocycles. The van der Waals surface area contributed by atoms with E-state index >= 15 is 0 Å². The molecule has 0 aromatic heterocycles. The summed E-state index contributed by atoms with van der Waals surface area (Å²) in [6.07, 6.45) is 2.00. The lowest BCUT2D eigenvalue weighted by Crippen LogP contribution is -2.32. The maximum absolute atomic E-state index is 12.2. The molecule has 0 aliphatic carbocycles. The fraction of sp³-hybridized carbons (Fsp3) is 0.500. The monoisotopic (exact) mass is 280 g/mol. The fourth-order valence-electron chi connectivity index (χ4n) is 2.29. The number of rotatable bonds is 5. The highest BCUT2D eigenvalue weighted by Gasteiger charge is 2.36. The van der Waals surface area contributed by atoms with Crippen molar-refractivity contribution < 1.29 is 9.53 Å². The van der Waals surface area contributed by atoms with Crippen LogP contribution in [0.2, 0.25) is 0 Å². The smallest absolute Gasteiger partial charge is 0.241 e. The summed E-state index contributed by atoms with van der Waals surface area (Å²) in [4.78, 5) is 14.1. The molecule has 1 aliphatic heterocycles. The van der Waals surface area contributed by atoms with Gasteiger partial charge in [0.15, 0.2) is 0 Å². The first-order valence-corrected chi connectivity index (χ1v) is 7.76. The molecule has 1 aliphatic rings. The molecule has 0 spiro atoms. The van der Waals surface area contributed by atoms with E-state index in [1.54, 1.807) is 18.9 Å². The molecule has 1 amide bonds. The van der Waals surface area contributed by atoms with Crippen molar-refractivity contribution in [3.8, 4) is 5.75 Å². The largest absolute Gasteiger partial charge is 0.497 e. The van der Waals surface area contributed by atoms with Gasteiger partial charge in [-0.1, -0.05) is 12.1 Å². The van der Waals surface area contributed by atoms with Gasteiger partial charge in [0.05, 0.1) is 13.2 Å². The lowest BCUT2D eigenvalue weighted by atomic mass is 10.1. The average molecular weight is 280 g/mol. The van der Waals surface area contributed by atoms with Gasteiger partial charge in [0.1, 0.15) is 11.9 Å². The first-order valence-electron chi connectivity index (χ1n) is 6.36. The van der Waals surface area contributed by atoms with Crippen LogP contribution in [0.25, 0.3) is 0 Å². The second-order valence-electron chi connectivity index (χ2n) is 4.59. The van der Waals surface area contributed by atoms with E-state index in [2.05, 4.69) is 11.6 Å². The maximum atomic E-state index is 12.2. The van der Waals surface area contributed by atoms with Crippen molar-refractivity contribution in [3.63, 3.8) is 0 Å². The van der Waals surface area contributed by atoms with Crippen LogP contribution >= 0.6 is 11.8 Å². The number of hydrogen-bond acceptors (Lipinski definition) is 4. The zero-order valence-corrected chi connectivity index (χ0v) is 12.4. The molecule has 0 radical (unpaired) electrons. The van der Waals surface area contributed by atoms with Gasteiger partial charge in [-0.15, -0.1) is 0 Å². The van der Waals surface area contributed by atoms with Gasteiger partial charge in [0.25, 0.3) is 0 Å². The molecule has 2 atom stereocenters. The number of nitrogens with zero attached hydrogens (tertiary/aromatic N) is 1. The van der Waals surface area contributed by atoms with Crippen LogP contribution in [-0.4, -0.2) is 42.5 Å². The maximum Gasteiger partial charge on any atom is 0.241 e. The summed E-state index contributed by atoms with van der Waals surface area (Å²) in [5.41, 5.74) is 1.07. The van der Waals surface area contributed by atoms with Crippen LogP contribution in [0.5, 0.6) is 5.75 Å². The molecule has 1 aromatic rings. The topological polar surface area (TPSA) is 41.6 Å². The van der Waals surface area contributed by atoms with Crippen molar-refractivity contribution in [3.05, 3.63) is 29.8 Å². The van der Waals surface area contributed by atoms with E-state index in [1.165, 1.54) is 0 Å². The molecule has 0 bridgehead atoms. The molecule has 1 N–H and O–H groups in total. The van der Waals surface area contributed by atoms with Crippen LogP contribution in [0.3, 0.4) is 0 Å². The third kappa shape index (κ3) is 3.04. The van der Waals surface area contributed by atoms with E-state index in [0.29, 0.717) is 0 Å². The molecular weight excluding hydrogens is 260 g/mol. The summed E-state index contributed by atoms with van der Waals surface area (Å²) in [6.45, 7) is 2.67. The highest BCUT2D eigenvalue weighted by atomic mass is 32.2. The van der Waals surface area contributed by atoms with E-state index in [-0.39, 0.29) is 18.1 Å². The lowest BCUT2D eigenvalue weighted by molar-refractivity contribution is -0.129. The summed E-state index contributed by atoms with van der Waals surface area (Å²) in [7, 11) is 1.65. The summed E-state index contributed by atoms with van der Waals surface area (Å²) in [6, 6.07) is 7.75. The SMILES string of the molecule is COc1cccc(C2NC(C)C(=O)N2CCSC)c1. The number of benzene rings is 1. The van der Waals surface area contributed by atoms with Crippen molar-refractivity contribution >= 4 is 17.7 Å². The van der Waals surface area contributed by atoms with Gasteiger partial charge in [-0.3, -0.25) is 10.1 Å². The Hall–Kier alpha value is -1.20. The van der Waals surface area contributed by atoms with E-state index in [9.17, 15) is 4.79 Å². The van der Waals surface area contributed by atoms with E-state index in [0.717, 1.165) is 23.6 Å². The minimum Gasteiger partial charge on any atom is -0.497 e. The van der Waals surface area contributed by atoms with Crippen LogP contribution in [-0.2, 0) is 4.79 Å². The second kappa shape index (κ2) is 6.30. The molecule has 1 fully saturated rings. The zero-order valence-electron chi connectivity index (χ0n) is 11.6. The quantitative estimate of drug-likeness (QED) is 0.894. The summed E-state index contributed by atoms with van der Waals surface area (Å²) >= 11 is 1.75. The number of carbonyl (C=O) groups excluding carboxylic acids is 1. The summed E-state index contributed by atoms with van der Waals surface area (Å²) in [5.74, 6) is 1.93. The standard InChI is InChI=1S/C14H20N2O2S/c1-10-14(17)16(7-8-19-3)13(15-10)11-5-4-6-12(9-11)18-2/h4-6,9-10,13,15H,7-8H2,1-3H3. The zero-order chi connectivity index (χ0) is 13.8. The second-order valence-corrected chi connectivity index (χ2v) is 5.58. The van der Waals surface area contributed by atoms with Crippen molar-refractivity contribution in [1.82, 2.24) is 10.2 Å². The number of amides is 1. The third-order valence-corrected chi connectivity index (χ3v) is 3.91. The Balaban J connectivity index is 2.22. The predicted molar refractivity (Wildman–Crippen MR) is 78.4 cm³/mol. The first-order chi connectivity index (χ1) is 9.17. The Kier molecular flexibility index (Phi) is 4.71. The van der Waals surface area contributed by atoms with Gasteiger partial charge in [-0.2, -0.15) is 11.8 Å². The van der Waals surface area contributed by atoms with Crippen LogP contribution in [0.15, 0.2) is 24.3 Å². The van der Waals surface area contributed by atoms with Crippen LogP contribution in [0.1, 0.15) is 18.7 Å². The highest BCUT2D eigenvalue weighted by Crippen LogP contribution is 2.27. The van der Waals surface area contributed by atoms with Gasteiger partial charge < -0.3 is 9.64 Å². The molecule has 2 unspecified atom stereocenters. The molecular formula is C14H20N2O2S. The average Bonchev–Trinajstić information content (AvgIpc) is 2.73. The van der Waals surface area contributed by atoms with E-state index in [1.807, 2.05) is 36.1 Å². The Morgan fingerprint density at radius 1 is 1.47 bits per heavy atom. The Bertz CT molecular complexity index is 453. The number of thioether (sulfide) groups is 1. The van der Waals surface area contributed by atoms with Gasteiger partial charge >= 0.3 is 0 Å². The summed E-state index contributed by atoms with van der Waals surface area (Å²) in [5, 5.41) is 3.34. The lowest BCUT2D eigenvalue weighted by Gasteiger charge is -2.24. The van der Waals surface area contributed by atoms with Crippen molar-refractivity contribution in [2.24, 2.45) is 0 Å². The molecule has 4 nitrogen and oxygen atoms in total. The minimum atomic E-state index is -0.127. The molecule has 0 saturated carbocycles. The van der Waals surface area contributed by atoms with Gasteiger partial charge in [-0.25, -0.2) is 0 Å². The van der Waals surface area contributed by atoms with Crippen LogP contribution in [0, 0.1) is 0 Å². The van der Waals surface area contributed by atoms with Gasteiger partial charge in [0, 0.05) is 12.3 Å². The molecule has 5 heteroatoms. The van der Waals surface area contributed by atoms with Crippen molar-refractivity contribution in [1.29, 1.82) is 0 Å². The normalized spacial score (nSPS) is 22.9. The third-order valence-electron chi connectivity index (χ3n) is 3.32. The van der Waals surface area contributed by atoms with E-state index in [4.69, 9.17) is 4.74 Å². The van der Waals surface area contributed by atoms with Crippen molar-refractivity contribution in [2.45, 2.75) is 19.1 Å². The van der Waals surface area contributed by atoms with E-state index < -0.39 is 0 Å². The molecule has 104 valence electrons. The highest BCUT2D eigenvalue weighted by molar-refractivity contribution is 7.98. The molecule has 1 heterocycles. The summed E-state index contributed by atoms with van der Waals surface area (Å²) < 4.78 is 5.25. The number of methoxy groups -OCH3 is 1. The number of hydrogen-bond donors (Lipinski definition) is 1. The van der Waals surface area contributed by atoms with Gasteiger partial charge in [0.2, 0.25) is 5.91 Å². The molecule has 1 aromatic carbocycles. The Morgan fingerprint density at radius 2 is 2.26 bits per heavy atom. The van der Waals surface area contributed by atoms with Crippen LogP contribution in [0.4, 0.5) is 0 Å². The number of carbonyl (C=O) groups is 1. The predicted octanol–water partition coefficient (Wildman–Crippen LogP) is 1.88. The first kappa shape index (κ1) is 14.2. The number of ether oxygens (including phenoxy) is 1. The Labute approximate surface area is 118 Å². The number of nitrogens with one attached hydrogen (secondary N) is 1. The fourth-order valence-corrected chi connectivity index (χ4v) is 2.67. The molecule has 19 heavy (non-hydrogen) atoms. The molecule has 2 rings (SSSR count). The van der Waals surface area contributed by atoms with Gasteiger partial charge in [-0.05, 0) is 30.9 Å². The van der Waals surface area contributed by atoms with Crippen LogP contribution < -0.4 is 10.1 Å². The Morgan fingerprint density at radius 3 is 2.95 bits per heavy atom. The minimum absolute atomic E-state index is 0.0512.